The van der Waals surface area contributed by atoms with E-state index in [4.69, 9.17) is 11.5 Å². The van der Waals surface area contributed by atoms with Gasteiger partial charge >= 0.3 is 0 Å². The van der Waals surface area contributed by atoms with Crippen LogP contribution in [0.4, 0.5) is 0 Å². The molecule has 0 aliphatic carbocycles. The van der Waals surface area contributed by atoms with E-state index >= 15 is 0 Å². The smallest absolute Gasteiger partial charge is 0.243 e. The molecule has 1 heterocycles. The van der Waals surface area contributed by atoms with E-state index in [1.807, 2.05) is 6.92 Å². The number of hydrogen-bond donors (Lipinski definition) is 2. The van der Waals surface area contributed by atoms with Gasteiger partial charge in [0.1, 0.15) is 6.04 Å². The molecule has 5 heteroatoms. The Kier molecular flexibility index (Phi) is 3.34. The van der Waals surface area contributed by atoms with Crippen molar-refractivity contribution in [3.8, 4) is 0 Å². The number of rotatable bonds is 3. The second kappa shape index (κ2) is 4.18. The van der Waals surface area contributed by atoms with Gasteiger partial charge in [-0.05, 0) is 26.2 Å². The Morgan fingerprint density at radius 3 is 2.60 bits per heavy atom. The third-order valence-electron chi connectivity index (χ3n) is 3.07. The third-order valence-corrected chi connectivity index (χ3v) is 3.07. The predicted octanol–water partition coefficient (Wildman–Crippen LogP) is -0.410. The summed E-state index contributed by atoms with van der Waals surface area (Å²) in [7, 11) is 0. The lowest BCUT2D eigenvalue weighted by molar-refractivity contribution is -0.141. The zero-order chi connectivity index (χ0) is 11.6. The highest BCUT2D eigenvalue weighted by molar-refractivity contribution is 5.91. The summed E-state index contributed by atoms with van der Waals surface area (Å²) in [6.07, 6.45) is 2.02. The Bertz CT molecular complexity index is 276. The highest BCUT2D eigenvalue weighted by atomic mass is 16.2. The van der Waals surface area contributed by atoms with Gasteiger partial charge in [-0.15, -0.1) is 0 Å². The van der Waals surface area contributed by atoms with Crippen LogP contribution in [0.15, 0.2) is 0 Å². The van der Waals surface area contributed by atoms with Crippen molar-refractivity contribution in [2.24, 2.45) is 11.5 Å². The summed E-state index contributed by atoms with van der Waals surface area (Å²) < 4.78 is 0. The van der Waals surface area contributed by atoms with Crippen LogP contribution < -0.4 is 11.5 Å². The summed E-state index contributed by atoms with van der Waals surface area (Å²) in [5.74, 6) is -0.612. The van der Waals surface area contributed by atoms with E-state index in [9.17, 15) is 9.59 Å². The van der Waals surface area contributed by atoms with Gasteiger partial charge in [-0.2, -0.15) is 0 Å². The summed E-state index contributed by atoms with van der Waals surface area (Å²) in [5.41, 5.74) is 10.2. The molecule has 0 saturated carbocycles. The number of likely N-dealkylation sites (tertiary alicyclic amines) is 1. The summed E-state index contributed by atoms with van der Waals surface area (Å²) in [4.78, 5) is 24.6. The van der Waals surface area contributed by atoms with Crippen molar-refractivity contribution in [1.82, 2.24) is 4.90 Å². The normalized spacial score (nSPS) is 25.0. The van der Waals surface area contributed by atoms with Crippen LogP contribution in [0.5, 0.6) is 0 Å². The van der Waals surface area contributed by atoms with E-state index in [0.717, 1.165) is 6.42 Å². The van der Waals surface area contributed by atoms with Crippen molar-refractivity contribution in [3.05, 3.63) is 0 Å². The highest BCUT2D eigenvalue weighted by Gasteiger charge is 2.39. The molecule has 2 unspecified atom stereocenters. The minimum absolute atomic E-state index is 0.175. The summed E-state index contributed by atoms with van der Waals surface area (Å²) in [5, 5.41) is 0. The fourth-order valence-electron chi connectivity index (χ4n) is 1.78. The first-order chi connectivity index (χ1) is 6.90. The molecular weight excluding hydrogens is 194 g/mol. The van der Waals surface area contributed by atoms with E-state index in [1.165, 1.54) is 4.90 Å². The first-order valence-corrected chi connectivity index (χ1v) is 5.29. The van der Waals surface area contributed by atoms with Crippen LogP contribution in [-0.2, 0) is 9.59 Å². The fraction of sp³-hybridized carbons (Fsp3) is 0.800. The molecule has 86 valence electrons. The molecule has 1 fully saturated rings. The van der Waals surface area contributed by atoms with Crippen molar-refractivity contribution in [3.63, 3.8) is 0 Å². The van der Waals surface area contributed by atoms with Crippen molar-refractivity contribution < 1.29 is 9.59 Å². The lowest BCUT2D eigenvalue weighted by Gasteiger charge is -2.30. The molecule has 0 aromatic rings. The molecule has 0 aromatic carbocycles. The zero-order valence-electron chi connectivity index (χ0n) is 9.32. The monoisotopic (exact) mass is 213 g/mol. The number of hydrogen-bond acceptors (Lipinski definition) is 3. The molecule has 1 rings (SSSR count). The van der Waals surface area contributed by atoms with Crippen LogP contribution in [0.2, 0.25) is 0 Å². The third kappa shape index (κ3) is 2.28. The quantitative estimate of drug-likeness (QED) is 0.668. The molecule has 2 amide bonds. The predicted molar refractivity (Wildman–Crippen MR) is 56.8 cm³/mol. The standard InChI is InChI=1S/C10H19N3O2/c1-3-10(2,12)9(15)13-6-4-5-7(13)8(11)14/h7H,3-6,12H2,1-2H3,(H2,11,14). The van der Waals surface area contributed by atoms with Gasteiger partial charge in [-0.25, -0.2) is 0 Å². The lowest BCUT2D eigenvalue weighted by atomic mass is 9.98. The van der Waals surface area contributed by atoms with E-state index in [-0.39, 0.29) is 5.91 Å². The molecule has 4 N–H and O–H groups in total. The fourth-order valence-corrected chi connectivity index (χ4v) is 1.78. The van der Waals surface area contributed by atoms with Crippen molar-refractivity contribution in [1.29, 1.82) is 0 Å². The van der Waals surface area contributed by atoms with E-state index in [2.05, 4.69) is 0 Å². The van der Waals surface area contributed by atoms with Gasteiger partial charge in [-0.1, -0.05) is 6.92 Å². The van der Waals surface area contributed by atoms with Crippen LogP contribution in [0.25, 0.3) is 0 Å². The molecule has 0 bridgehead atoms. The zero-order valence-corrected chi connectivity index (χ0v) is 9.32. The summed E-state index contributed by atoms with van der Waals surface area (Å²) in [6.45, 7) is 4.12. The van der Waals surface area contributed by atoms with Gasteiger partial charge in [0.15, 0.2) is 0 Å². The minimum Gasteiger partial charge on any atom is -0.368 e. The first kappa shape index (κ1) is 12.0. The largest absolute Gasteiger partial charge is 0.368 e. The van der Waals surface area contributed by atoms with Gasteiger partial charge in [0.25, 0.3) is 0 Å². The van der Waals surface area contributed by atoms with Crippen LogP contribution >= 0.6 is 0 Å². The Balaban J connectivity index is 2.79. The van der Waals surface area contributed by atoms with Crippen LogP contribution in [0.1, 0.15) is 33.1 Å². The van der Waals surface area contributed by atoms with E-state index in [0.29, 0.717) is 19.4 Å². The van der Waals surface area contributed by atoms with Crippen LogP contribution in [0, 0.1) is 0 Å². The molecule has 0 aromatic heterocycles. The molecule has 0 radical (unpaired) electrons. The summed E-state index contributed by atoms with van der Waals surface area (Å²) >= 11 is 0. The number of carbonyl (C=O) groups excluding carboxylic acids is 2. The Hall–Kier alpha value is -1.10. The van der Waals surface area contributed by atoms with Crippen molar-refractivity contribution >= 4 is 11.8 Å². The Morgan fingerprint density at radius 1 is 1.53 bits per heavy atom. The Labute approximate surface area is 89.8 Å². The second-order valence-electron chi connectivity index (χ2n) is 4.33. The maximum Gasteiger partial charge on any atom is 0.243 e. The number of amides is 2. The molecule has 2 atom stereocenters. The Morgan fingerprint density at radius 2 is 2.13 bits per heavy atom. The molecule has 1 aliphatic heterocycles. The van der Waals surface area contributed by atoms with Crippen molar-refractivity contribution in [2.75, 3.05) is 6.54 Å². The number of nitrogens with two attached hydrogens (primary N) is 2. The molecule has 15 heavy (non-hydrogen) atoms. The van der Waals surface area contributed by atoms with Crippen LogP contribution in [-0.4, -0.2) is 34.8 Å². The maximum absolute atomic E-state index is 12.0. The average Bonchev–Trinajstić information content (AvgIpc) is 2.64. The van der Waals surface area contributed by atoms with Gasteiger partial charge in [-0.3, -0.25) is 9.59 Å². The molecular formula is C10H19N3O2. The molecule has 1 saturated heterocycles. The number of carbonyl (C=O) groups is 2. The van der Waals surface area contributed by atoms with Gasteiger partial charge in [0.05, 0.1) is 5.54 Å². The van der Waals surface area contributed by atoms with Crippen LogP contribution in [0.3, 0.4) is 0 Å². The van der Waals surface area contributed by atoms with E-state index in [1.54, 1.807) is 6.92 Å². The second-order valence-corrected chi connectivity index (χ2v) is 4.33. The van der Waals surface area contributed by atoms with E-state index < -0.39 is 17.5 Å². The topological polar surface area (TPSA) is 89.4 Å². The van der Waals surface area contributed by atoms with Gasteiger partial charge in [0.2, 0.25) is 11.8 Å². The maximum atomic E-state index is 12.0. The van der Waals surface area contributed by atoms with Gasteiger partial charge < -0.3 is 16.4 Å². The lowest BCUT2D eigenvalue weighted by Crippen LogP contribution is -2.56. The van der Waals surface area contributed by atoms with Crippen molar-refractivity contribution in [2.45, 2.75) is 44.7 Å². The molecule has 5 nitrogen and oxygen atoms in total. The highest BCUT2D eigenvalue weighted by Crippen LogP contribution is 2.21. The number of primary amides is 1. The average molecular weight is 213 g/mol. The molecule has 1 aliphatic rings. The summed E-state index contributed by atoms with van der Waals surface area (Å²) in [6, 6.07) is -0.466. The minimum atomic E-state index is -0.891. The first-order valence-electron chi connectivity index (χ1n) is 5.29. The molecule has 0 spiro atoms. The SMILES string of the molecule is CCC(C)(N)C(=O)N1CCCC1C(N)=O. The van der Waals surface area contributed by atoms with Gasteiger partial charge in [0, 0.05) is 6.54 Å². The number of nitrogens with zero attached hydrogens (tertiary/aromatic N) is 1.